The number of hydrogen-bond donors (Lipinski definition) is 1. The molecule has 0 saturated carbocycles. The van der Waals surface area contributed by atoms with Crippen LogP contribution in [0.25, 0.3) is 0 Å². The van der Waals surface area contributed by atoms with Gasteiger partial charge < -0.3 is 5.73 Å². The van der Waals surface area contributed by atoms with E-state index in [1.54, 1.807) is 18.0 Å². The second-order valence-corrected chi connectivity index (χ2v) is 4.64. The van der Waals surface area contributed by atoms with E-state index in [0.717, 1.165) is 15.5 Å². The van der Waals surface area contributed by atoms with Crippen LogP contribution in [-0.4, -0.2) is 4.98 Å². The van der Waals surface area contributed by atoms with Gasteiger partial charge in [0.05, 0.1) is 5.02 Å². The van der Waals surface area contributed by atoms with Crippen molar-refractivity contribution in [3.8, 4) is 0 Å². The summed E-state index contributed by atoms with van der Waals surface area (Å²) in [5, 5.41) is 1.48. The first-order chi connectivity index (χ1) is 7.81. The molecule has 0 radical (unpaired) electrons. The fourth-order valence-electron chi connectivity index (χ4n) is 1.32. The molecule has 2 aromatic rings. The van der Waals surface area contributed by atoms with Crippen LogP contribution in [0.15, 0.2) is 52.5 Å². The van der Waals surface area contributed by atoms with Gasteiger partial charge in [-0.25, -0.2) is 4.98 Å². The largest absolute Gasteiger partial charge is 0.326 e. The normalized spacial score (nSPS) is 10.4. The molecule has 16 heavy (non-hydrogen) atoms. The summed E-state index contributed by atoms with van der Waals surface area (Å²) < 4.78 is 0. The molecule has 0 aliphatic rings. The SMILES string of the molecule is NCc1ccccc1Sc1ncccc1Cl. The Morgan fingerprint density at radius 1 is 1.19 bits per heavy atom. The van der Waals surface area contributed by atoms with Crippen LogP contribution in [0.2, 0.25) is 5.02 Å². The highest BCUT2D eigenvalue weighted by Crippen LogP contribution is 2.32. The first kappa shape index (κ1) is 11.5. The van der Waals surface area contributed by atoms with Crippen LogP contribution in [0.5, 0.6) is 0 Å². The van der Waals surface area contributed by atoms with Gasteiger partial charge in [0, 0.05) is 17.6 Å². The maximum atomic E-state index is 6.06. The Morgan fingerprint density at radius 3 is 2.75 bits per heavy atom. The molecular formula is C12H11ClN2S. The third kappa shape index (κ3) is 2.55. The van der Waals surface area contributed by atoms with E-state index in [2.05, 4.69) is 4.98 Å². The summed E-state index contributed by atoms with van der Waals surface area (Å²) in [5.74, 6) is 0. The number of rotatable bonds is 3. The molecule has 0 bridgehead atoms. The Balaban J connectivity index is 2.30. The van der Waals surface area contributed by atoms with E-state index in [9.17, 15) is 0 Å². The molecule has 82 valence electrons. The quantitative estimate of drug-likeness (QED) is 0.908. The van der Waals surface area contributed by atoms with Gasteiger partial charge in [-0.3, -0.25) is 0 Å². The maximum absolute atomic E-state index is 6.06. The monoisotopic (exact) mass is 250 g/mol. The lowest BCUT2D eigenvalue weighted by Crippen LogP contribution is -1.97. The Bertz CT molecular complexity index is 488. The van der Waals surface area contributed by atoms with Crippen LogP contribution in [0.4, 0.5) is 0 Å². The lowest BCUT2D eigenvalue weighted by atomic mass is 10.2. The summed E-state index contributed by atoms with van der Waals surface area (Å²) in [4.78, 5) is 5.34. The minimum Gasteiger partial charge on any atom is -0.326 e. The first-order valence-electron chi connectivity index (χ1n) is 4.87. The van der Waals surface area contributed by atoms with Gasteiger partial charge in [-0.1, -0.05) is 41.6 Å². The Hall–Kier alpha value is -1.03. The van der Waals surface area contributed by atoms with Crippen molar-refractivity contribution >= 4 is 23.4 Å². The Kier molecular flexibility index (Phi) is 3.83. The van der Waals surface area contributed by atoms with Crippen molar-refractivity contribution in [2.45, 2.75) is 16.5 Å². The van der Waals surface area contributed by atoms with Crippen LogP contribution in [0.1, 0.15) is 5.56 Å². The van der Waals surface area contributed by atoms with Gasteiger partial charge in [-0.2, -0.15) is 0 Å². The molecule has 2 nitrogen and oxygen atoms in total. The standard InChI is InChI=1S/C12H11ClN2S/c13-10-5-3-7-15-12(10)16-11-6-2-1-4-9(11)8-14/h1-7H,8,14H2. The molecule has 0 fully saturated rings. The van der Waals surface area contributed by atoms with Crippen molar-refractivity contribution in [2.75, 3.05) is 0 Å². The minimum absolute atomic E-state index is 0.521. The summed E-state index contributed by atoms with van der Waals surface area (Å²) in [6.07, 6.45) is 1.74. The second-order valence-electron chi connectivity index (χ2n) is 3.20. The average Bonchev–Trinajstić information content (AvgIpc) is 2.33. The smallest absolute Gasteiger partial charge is 0.119 e. The highest BCUT2D eigenvalue weighted by Gasteiger charge is 2.06. The molecule has 0 aliphatic heterocycles. The maximum Gasteiger partial charge on any atom is 0.119 e. The van der Waals surface area contributed by atoms with E-state index in [1.807, 2.05) is 36.4 Å². The number of hydrogen-bond acceptors (Lipinski definition) is 3. The lowest BCUT2D eigenvalue weighted by Gasteiger charge is -2.07. The van der Waals surface area contributed by atoms with Gasteiger partial charge in [-0.05, 0) is 23.8 Å². The predicted octanol–water partition coefficient (Wildman–Crippen LogP) is 3.34. The zero-order chi connectivity index (χ0) is 11.4. The topological polar surface area (TPSA) is 38.9 Å². The molecule has 2 rings (SSSR count). The molecular weight excluding hydrogens is 240 g/mol. The van der Waals surface area contributed by atoms with Crippen molar-refractivity contribution in [2.24, 2.45) is 5.73 Å². The van der Waals surface area contributed by atoms with Crippen LogP contribution in [-0.2, 0) is 6.54 Å². The van der Waals surface area contributed by atoms with Gasteiger partial charge in [0.2, 0.25) is 0 Å². The minimum atomic E-state index is 0.521. The van der Waals surface area contributed by atoms with Gasteiger partial charge in [0.25, 0.3) is 0 Å². The molecule has 0 atom stereocenters. The summed E-state index contributed by atoms with van der Waals surface area (Å²) in [5.41, 5.74) is 6.78. The third-order valence-electron chi connectivity index (χ3n) is 2.12. The molecule has 1 aromatic carbocycles. The van der Waals surface area contributed by atoms with Crippen molar-refractivity contribution in [3.05, 3.63) is 53.2 Å². The van der Waals surface area contributed by atoms with Crippen LogP contribution in [0.3, 0.4) is 0 Å². The van der Waals surface area contributed by atoms with Crippen LogP contribution < -0.4 is 5.73 Å². The molecule has 0 amide bonds. The second kappa shape index (κ2) is 5.34. The summed E-state index contributed by atoms with van der Waals surface area (Å²) in [6, 6.07) is 11.7. The summed E-state index contributed by atoms with van der Waals surface area (Å²) in [7, 11) is 0. The van der Waals surface area contributed by atoms with Crippen molar-refractivity contribution in [1.29, 1.82) is 0 Å². The first-order valence-corrected chi connectivity index (χ1v) is 6.07. The van der Waals surface area contributed by atoms with E-state index < -0.39 is 0 Å². The fraction of sp³-hybridized carbons (Fsp3) is 0.0833. The molecule has 2 N–H and O–H groups in total. The van der Waals surface area contributed by atoms with E-state index in [0.29, 0.717) is 11.6 Å². The van der Waals surface area contributed by atoms with Gasteiger partial charge >= 0.3 is 0 Å². The zero-order valence-electron chi connectivity index (χ0n) is 8.56. The van der Waals surface area contributed by atoms with E-state index in [1.165, 1.54) is 0 Å². The Labute approximate surface area is 104 Å². The number of nitrogens with two attached hydrogens (primary N) is 1. The number of nitrogens with zero attached hydrogens (tertiary/aromatic N) is 1. The molecule has 1 heterocycles. The summed E-state index contributed by atoms with van der Waals surface area (Å²) in [6.45, 7) is 0.521. The third-order valence-corrected chi connectivity index (χ3v) is 3.68. The van der Waals surface area contributed by atoms with E-state index in [-0.39, 0.29) is 0 Å². The van der Waals surface area contributed by atoms with Crippen LogP contribution >= 0.6 is 23.4 Å². The van der Waals surface area contributed by atoms with Crippen molar-refractivity contribution < 1.29 is 0 Å². The molecule has 0 aliphatic carbocycles. The fourth-order valence-corrected chi connectivity index (χ4v) is 2.48. The van der Waals surface area contributed by atoms with Crippen LogP contribution in [0, 0.1) is 0 Å². The van der Waals surface area contributed by atoms with Crippen molar-refractivity contribution in [1.82, 2.24) is 4.98 Å². The molecule has 0 saturated heterocycles. The number of aromatic nitrogens is 1. The molecule has 0 spiro atoms. The van der Waals surface area contributed by atoms with Gasteiger partial charge in [0.1, 0.15) is 5.03 Å². The zero-order valence-corrected chi connectivity index (χ0v) is 10.1. The summed E-state index contributed by atoms with van der Waals surface area (Å²) >= 11 is 7.60. The lowest BCUT2D eigenvalue weighted by molar-refractivity contribution is 1.02. The molecule has 1 aromatic heterocycles. The number of benzene rings is 1. The molecule has 0 unspecified atom stereocenters. The van der Waals surface area contributed by atoms with E-state index >= 15 is 0 Å². The average molecular weight is 251 g/mol. The van der Waals surface area contributed by atoms with Crippen molar-refractivity contribution in [3.63, 3.8) is 0 Å². The predicted molar refractivity (Wildman–Crippen MR) is 67.7 cm³/mol. The van der Waals surface area contributed by atoms with Gasteiger partial charge in [-0.15, -0.1) is 0 Å². The van der Waals surface area contributed by atoms with Gasteiger partial charge in [0.15, 0.2) is 0 Å². The Morgan fingerprint density at radius 2 is 2.00 bits per heavy atom. The molecule has 4 heteroatoms. The van der Waals surface area contributed by atoms with E-state index in [4.69, 9.17) is 17.3 Å². The highest BCUT2D eigenvalue weighted by molar-refractivity contribution is 7.99. The highest BCUT2D eigenvalue weighted by atomic mass is 35.5. The number of halogens is 1. The number of pyridine rings is 1.